The van der Waals surface area contributed by atoms with Crippen LogP contribution in [0.2, 0.25) is 0 Å². The van der Waals surface area contributed by atoms with Gasteiger partial charge in [0.05, 0.1) is 5.70 Å². The first-order valence-corrected chi connectivity index (χ1v) is 16.8. The van der Waals surface area contributed by atoms with Crippen molar-refractivity contribution in [3.63, 3.8) is 0 Å². The molecule has 0 unspecified atom stereocenters. The molecule has 0 aliphatic carbocycles. The maximum absolute atomic E-state index is 6.80. The third kappa shape index (κ3) is 5.24. The van der Waals surface area contributed by atoms with Gasteiger partial charge in [0.15, 0.2) is 11.2 Å². The maximum Gasteiger partial charge on any atom is 0.178 e. The normalized spacial score (nSPS) is 12.4. The highest BCUT2D eigenvalue weighted by molar-refractivity contribution is 6.21. The second-order valence-electron chi connectivity index (χ2n) is 12.5. The summed E-state index contributed by atoms with van der Waals surface area (Å²) in [6.07, 6.45) is 2.87. The van der Waals surface area contributed by atoms with Crippen LogP contribution in [-0.4, -0.2) is 5.84 Å². The predicted octanol–water partition coefficient (Wildman–Crippen LogP) is 11.8. The van der Waals surface area contributed by atoms with E-state index in [4.69, 9.17) is 19.6 Å². The third-order valence-electron chi connectivity index (χ3n) is 9.37. The van der Waals surface area contributed by atoms with Crippen LogP contribution in [-0.2, 0) is 6.42 Å². The highest BCUT2D eigenvalue weighted by atomic mass is 16.4. The van der Waals surface area contributed by atoms with Crippen LogP contribution in [0.4, 0.5) is 0 Å². The molecular formula is C46H32N2O2. The van der Waals surface area contributed by atoms with Crippen molar-refractivity contribution in [2.75, 3.05) is 0 Å². The summed E-state index contributed by atoms with van der Waals surface area (Å²) in [4.78, 5) is 4.97. The van der Waals surface area contributed by atoms with Crippen LogP contribution in [0.1, 0.15) is 16.7 Å². The molecule has 9 rings (SSSR count). The minimum atomic E-state index is 0.472. The number of nitrogens with zero attached hydrogens (tertiary/aromatic N) is 1. The molecule has 238 valence electrons. The highest BCUT2D eigenvalue weighted by Gasteiger charge is 2.20. The Morgan fingerprint density at radius 2 is 0.980 bits per heavy atom. The molecule has 2 heterocycles. The Morgan fingerprint density at radius 3 is 1.62 bits per heavy atom. The standard InChI is InChI=1S/C46H32N2O2/c47-46(32-17-8-3-9-18-32)48-41(28-25-30-13-4-1-5-14-30)34-20-10-19-33(29-34)36-22-12-24-38-40-27-26-39-37-23-11-21-35(31-15-6-2-7-16-31)42(37)49-44(39)45(40)50-43(36)38/h1-24,26-29H,25H2,(H2,47,48)/b41-28-. The first kappa shape index (κ1) is 29.5. The van der Waals surface area contributed by atoms with Gasteiger partial charge in [-0.25, -0.2) is 4.99 Å². The number of furan rings is 2. The molecule has 0 spiro atoms. The SMILES string of the molecule is NC(=N/C(=C\Cc1ccccc1)c1cccc(-c2cccc3c2oc2c3ccc3c4cccc(-c5ccccc5)c4oc32)c1)c1ccccc1. The average Bonchev–Trinajstić information content (AvgIpc) is 3.76. The van der Waals surface area contributed by atoms with Crippen molar-refractivity contribution >= 4 is 55.4 Å². The van der Waals surface area contributed by atoms with Gasteiger partial charge in [-0.3, -0.25) is 0 Å². The fourth-order valence-electron chi connectivity index (χ4n) is 6.89. The Balaban J connectivity index is 1.18. The van der Waals surface area contributed by atoms with E-state index in [0.717, 1.165) is 89.4 Å². The van der Waals surface area contributed by atoms with Crippen LogP contribution in [0.3, 0.4) is 0 Å². The lowest BCUT2D eigenvalue weighted by atomic mass is 9.98. The van der Waals surface area contributed by atoms with Crippen LogP contribution in [0.5, 0.6) is 0 Å². The fraction of sp³-hybridized carbons (Fsp3) is 0.0217. The number of hydrogen-bond donors (Lipinski definition) is 1. The first-order chi connectivity index (χ1) is 24.7. The molecule has 0 bridgehead atoms. The zero-order valence-corrected chi connectivity index (χ0v) is 27.2. The Hall–Kier alpha value is -6.65. The van der Waals surface area contributed by atoms with E-state index in [0.29, 0.717) is 5.84 Å². The lowest BCUT2D eigenvalue weighted by Crippen LogP contribution is -2.13. The maximum atomic E-state index is 6.80. The smallest absolute Gasteiger partial charge is 0.178 e. The van der Waals surface area contributed by atoms with Gasteiger partial charge in [0.25, 0.3) is 0 Å². The average molecular weight is 645 g/mol. The molecule has 2 aromatic heterocycles. The zero-order valence-electron chi connectivity index (χ0n) is 27.2. The molecule has 0 aliphatic rings. The van der Waals surface area contributed by atoms with Gasteiger partial charge in [-0.15, -0.1) is 0 Å². The summed E-state index contributed by atoms with van der Waals surface area (Å²) in [7, 11) is 0. The summed E-state index contributed by atoms with van der Waals surface area (Å²) in [5, 5.41) is 4.17. The quantitative estimate of drug-likeness (QED) is 0.139. The molecule has 4 nitrogen and oxygen atoms in total. The molecule has 7 aromatic carbocycles. The molecule has 4 heteroatoms. The number of allylic oxidation sites excluding steroid dienone is 1. The van der Waals surface area contributed by atoms with Crippen LogP contribution >= 0.6 is 0 Å². The minimum absolute atomic E-state index is 0.472. The van der Waals surface area contributed by atoms with Crippen LogP contribution in [0.25, 0.3) is 71.8 Å². The number of aliphatic imine (C=N–C) groups is 1. The number of amidine groups is 1. The van der Waals surface area contributed by atoms with Crippen molar-refractivity contribution in [3.05, 3.63) is 187 Å². The van der Waals surface area contributed by atoms with Crippen molar-refractivity contribution in [2.45, 2.75) is 6.42 Å². The third-order valence-corrected chi connectivity index (χ3v) is 9.37. The van der Waals surface area contributed by atoms with Crippen molar-refractivity contribution in [1.82, 2.24) is 0 Å². The van der Waals surface area contributed by atoms with Crippen molar-refractivity contribution < 1.29 is 8.83 Å². The van der Waals surface area contributed by atoms with Gasteiger partial charge in [-0.2, -0.15) is 0 Å². The lowest BCUT2D eigenvalue weighted by molar-refractivity contribution is 0.634. The number of fused-ring (bicyclic) bond motifs is 7. The number of rotatable bonds is 7. The number of hydrogen-bond acceptors (Lipinski definition) is 3. The van der Waals surface area contributed by atoms with Crippen molar-refractivity contribution in [1.29, 1.82) is 0 Å². The van der Waals surface area contributed by atoms with Gasteiger partial charge < -0.3 is 14.6 Å². The highest BCUT2D eigenvalue weighted by Crippen LogP contribution is 2.43. The van der Waals surface area contributed by atoms with Crippen molar-refractivity contribution in [3.8, 4) is 22.3 Å². The van der Waals surface area contributed by atoms with Gasteiger partial charge >= 0.3 is 0 Å². The van der Waals surface area contributed by atoms with E-state index in [1.165, 1.54) is 5.56 Å². The van der Waals surface area contributed by atoms with E-state index in [2.05, 4.69) is 127 Å². The van der Waals surface area contributed by atoms with Crippen LogP contribution < -0.4 is 5.73 Å². The lowest BCUT2D eigenvalue weighted by Gasteiger charge is -2.09. The predicted molar refractivity (Wildman–Crippen MR) is 207 cm³/mol. The molecule has 50 heavy (non-hydrogen) atoms. The Kier molecular flexibility index (Phi) is 7.33. The molecule has 2 N–H and O–H groups in total. The summed E-state index contributed by atoms with van der Waals surface area (Å²) >= 11 is 0. The van der Waals surface area contributed by atoms with Crippen LogP contribution in [0.15, 0.2) is 184 Å². The summed E-state index contributed by atoms with van der Waals surface area (Å²) < 4.78 is 13.5. The van der Waals surface area contributed by atoms with Crippen molar-refractivity contribution in [2.24, 2.45) is 10.7 Å². The van der Waals surface area contributed by atoms with Gasteiger partial charge in [0.1, 0.15) is 17.0 Å². The van der Waals surface area contributed by atoms with Gasteiger partial charge in [-0.05, 0) is 41.3 Å². The Labute approximate surface area is 289 Å². The molecule has 0 saturated carbocycles. The van der Waals surface area contributed by atoms with E-state index in [1.807, 2.05) is 42.5 Å². The Bertz CT molecular complexity index is 2720. The first-order valence-electron chi connectivity index (χ1n) is 16.8. The molecule has 0 atom stereocenters. The van der Waals surface area contributed by atoms with E-state index < -0.39 is 0 Å². The van der Waals surface area contributed by atoms with E-state index in [9.17, 15) is 0 Å². The number of para-hydroxylation sites is 2. The van der Waals surface area contributed by atoms with Gasteiger partial charge in [0, 0.05) is 43.8 Å². The zero-order chi connectivity index (χ0) is 33.4. The summed E-state index contributed by atoms with van der Waals surface area (Å²) in [5.74, 6) is 0.472. The van der Waals surface area contributed by atoms with E-state index >= 15 is 0 Å². The summed E-state index contributed by atoms with van der Waals surface area (Å²) in [6.45, 7) is 0. The summed E-state index contributed by atoms with van der Waals surface area (Å²) in [6, 6.07) is 56.0. The van der Waals surface area contributed by atoms with E-state index in [1.54, 1.807) is 0 Å². The number of nitrogens with two attached hydrogens (primary N) is 1. The molecular weight excluding hydrogens is 613 g/mol. The molecule has 0 radical (unpaired) electrons. The Morgan fingerprint density at radius 1 is 0.480 bits per heavy atom. The second kappa shape index (κ2) is 12.4. The molecule has 0 fully saturated rings. The minimum Gasteiger partial charge on any atom is -0.451 e. The van der Waals surface area contributed by atoms with Gasteiger partial charge in [-0.1, -0.05) is 152 Å². The molecule has 0 saturated heterocycles. The monoisotopic (exact) mass is 644 g/mol. The van der Waals surface area contributed by atoms with E-state index in [-0.39, 0.29) is 0 Å². The van der Waals surface area contributed by atoms with Crippen LogP contribution in [0, 0.1) is 0 Å². The molecule has 0 aliphatic heterocycles. The molecule has 9 aromatic rings. The van der Waals surface area contributed by atoms with Gasteiger partial charge in [0.2, 0.25) is 0 Å². The summed E-state index contributed by atoms with van der Waals surface area (Å²) in [5.41, 5.74) is 17.8. The molecule has 0 amide bonds. The second-order valence-corrected chi connectivity index (χ2v) is 12.5. The largest absolute Gasteiger partial charge is 0.451 e. The fourth-order valence-corrected chi connectivity index (χ4v) is 6.89. The number of benzene rings is 7. The topological polar surface area (TPSA) is 64.7 Å².